The first-order valence-electron chi connectivity index (χ1n) is 12.2. The van der Waals surface area contributed by atoms with Crippen LogP contribution < -0.4 is 9.47 Å². The van der Waals surface area contributed by atoms with Gasteiger partial charge in [0, 0.05) is 36.0 Å². The van der Waals surface area contributed by atoms with E-state index in [1.54, 1.807) is 0 Å². The third kappa shape index (κ3) is 2.44. The van der Waals surface area contributed by atoms with E-state index in [0.29, 0.717) is 23.5 Å². The molecule has 1 spiro atoms. The van der Waals surface area contributed by atoms with Crippen molar-refractivity contribution in [3.8, 4) is 11.5 Å². The average Bonchev–Trinajstić information content (AvgIpc) is 3.26. The summed E-state index contributed by atoms with van der Waals surface area (Å²) in [5, 5.41) is 23.5. The summed E-state index contributed by atoms with van der Waals surface area (Å²) in [6.45, 7) is 9.78. The topological polar surface area (TPSA) is 113 Å². The summed E-state index contributed by atoms with van der Waals surface area (Å²) < 4.78 is 36.4. The number of benzene rings is 1. The maximum Gasteiger partial charge on any atom is 0.342 e. The Morgan fingerprint density at radius 3 is 2.37 bits per heavy atom. The van der Waals surface area contributed by atoms with Crippen molar-refractivity contribution < 1.29 is 43.4 Å². The molecule has 5 aliphatic rings. The number of cyclic esters (lactones) is 1. The third-order valence-electron chi connectivity index (χ3n) is 9.77. The van der Waals surface area contributed by atoms with Crippen LogP contribution in [-0.2, 0) is 32.0 Å². The smallest absolute Gasteiger partial charge is 0.342 e. The fourth-order valence-corrected chi connectivity index (χ4v) is 8.26. The van der Waals surface area contributed by atoms with E-state index in [-0.39, 0.29) is 25.4 Å². The fraction of sp³-hybridized carbons (Fsp3) is 0.731. The predicted octanol–water partition coefficient (Wildman–Crippen LogP) is 2.38. The lowest BCUT2D eigenvalue weighted by Gasteiger charge is -2.67. The van der Waals surface area contributed by atoms with Gasteiger partial charge in [0.05, 0.1) is 25.7 Å². The number of carbonyl (C=O) groups excluding carboxylic acids is 1. The van der Waals surface area contributed by atoms with Crippen LogP contribution in [0.4, 0.5) is 0 Å². The molecule has 9 heteroatoms. The van der Waals surface area contributed by atoms with Crippen LogP contribution in [0.5, 0.6) is 11.5 Å². The minimum Gasteiger partial charge on any atom is -0.495 e. The van der Waals surface area contributed by atoms with E-state index in [9.17, 15) is 15.0 Å². The minimum absolute atomic E-state index is 0.0873. The number of methoxy groups -OCH3 is 2. The van der Waals surface area contributed by atoms with E-state index >= 15 is 0 Å². The molecular weight excluding hydrogens is 456 g/mol. The molecule has 1 saturated carbocycles. The van der Waals surface area contributed by atoms with Crippen molar-refractivity contribution in [1.82, 2.24) is 0 Å². The van der Waals surface area contributed by atoms with Crippen LogP contribution in [0, 0.1) is 18.3 Å². The van der Waals surface area contributed by atoms with Crippen LogP contribution >= 0.6 is 0 Å². The van der Waals surface area contributed by atoms with Gasteiger partial charge < -0.3 is 38.6 Å². The first-order valence-corrected chi connectivity index (χ1v) is 12.2. The Morgan fingerprint density at radius 1 is 1.00 bits per heavy atom. The van der Waals surface area contributed by atoms with Crippen molar-refractivity contribution in [2.75, 3.05) is 14.2 Å². The van der Waals surface area contributed by atoms with Crippen LogP contribution in [0.15, 0.2) is 0 Å². The molecule has 3 fully saturated rings. The van der Waals surface area contributed by atoms with Crippen LogP contribution in [0.2, 0.25) is 0 Å². The summed E-state index contributed by atoms with van der Waals surface area (Å²) in [7, 11) is 3.02. The zero-order valence-corrected chi connectivity index (χ0v) is 21.3. The highest BCUT2D eigenvalue weighted by molar-refractivity contribution is 5.98. The molecule has 7 atom stereocenters. The Labute approximate surface area is 204 Å². The summed E-state index contributed by atoms with van der Waals surface area (Å²) in [5.41, 5.74) is -1.24. The summed E-state index contributed by atoms with van der Waals surface area (Å²) in [5.74, 6) is -1.05. The van der Waals surface area contributed by atoms with E-state index in [4.69, 9.17) is 28.4 Å². The molecule has 0 aromatic heterocycles. The third-order valence-corrected chi connectivity index (χ3v) is 9.77. The number of esters is 1. The van der Waals surface area contributed by atoms with Gasteiger partial charge >= 0.3 is 5.97 Å². The molecule has 4 aliphatic heterocycles. The van der Waals surface area contributed by atoms with E-state index in [1.807, 2.05) is 34.6 Å². The highest BCUT2D eigenvalue weighted by atomic mass is 16.9. The number of fused-ring (bicyclic) bond motifs is 5. The lowest BCUT2D eigenvalue weighted by atomic mass is 9.45. The fourth-order valence-electron chi connectivity index (χ4n) is 8.26. The number of ether oxygens (including phenoxy) is 6. The van der Waals surface area contributed by atoms with Gasteiger partial charge in [-0.25, -0.2) is 4.79 Å². The summed E-state index contributed by atoms with van der Waals surface area (Å²) in [6, 6.07) is 0. The molecule has 1 aliphatic carbocycles. The van der Waals surface area contributed by atoms with Crippen LogP contribution in [0.1, 0.15) is 67.6 Å². The molecule has 1 aromatic rings. The zero-order chi connectivity index (χ0) is 25.3. The van der Waals surface area contributed by atoms with E-state index < -0.39 is 46.4 Å². The van der Waals surface area contributed by atoms with Crippen molar-refractivity contribution in [3.05, 3.63) is 22.3 Å². The van der Waals surface area contributed by atoms with Gasteiger partial charge in [0.15, 0.2) is 0 Å². The van der Waals surface area contributed by atoms with Crippen molar-refractivity contribution in [3.63, 3.8) is 0 Å². The zero-order valence-electron chi connectivity index (χ0n) is 21.3. The highest BCUT2D eigenvalue weighted by Gasteiger charge is 2.83. The predicted molar refractivity (Wildman–Crippen MR) is 121 cm³/mol. The largest absolute Gasteiger partial charge is 0.495 e. The van der Waals surface area contributed by atoms with Crippen molar-refractivity contribution >= 4 is 5.97 Å². The first-order chi connectivity index (χ1) is 16.3. The number of carbonyl (C=O) groups is 1. The summed E-state index contributed by atoms with van der Waals surface area (Å²) in [6.07, 6.45) is -1.12. The average molecular weight is 491 g/mol. The Morgan fingerprint density at radius 2 is 1.71 bits per heavy atom. The molecule has 2 N–H and O–H groups in total. The molecule has 9 nitrogen and oxygen atoms in total. The number of aliphatic hydroxyl groups excluding tert-OH is 2. The second-order valence-electron chi connectivity index (χ2n) is 11.6. The van der Waals surface area contributed by atoms with Gasteiger partial charge in [-0.05, 0) is 39.7 Å². The molecule has 4 heterocycles. The second kappa shape index (κ2) is 6.69. The normalized spacial score (nSPS) is 44.5. The van der Waals surface area contributed by atoms with Crippen LogP contribution in [0.25, 0.3) is 0 Å². The molecule has 2 saturated heterocycles. The molecular formula is C26H34O9. The quantitative estimate of drug-likeness (QED) is 0.603. The SMILES string of the molecule is COc1c2c(c(C)c3c1C(=O)OC3)O[C@@]1(C)C[C@@H](O)[C@]34O[C@](OC)(C[C@H](O)[C@]3(C)[C@H]1C2)OC4(C)C. The van der Waals surface area contributed by atoms with E-state index in [0.717, 1.165) is 16.7 Å². The number of aliphatic hydroxyl groups is 2. The lowest BCUT2D eigenvalue weighted by molar-refractivity contribution is -0.410. The molecule has 0 radical (unpaired) electrons. The monoisotopic (exact) mass is 490 g/mol. The van der Waals surface area contributed by atoms with Gasteiger partial charge in [0.2, 0.25) is 0 Å². The maximum absolute atomic E-state index is 12.6. The molecule has 0 unspecified atom stereocenters. The van der Waals surface area contributed by atoms with Gasteiger partial charge in [0.25, 0.3) is 5.97 Å². The Bertz CT molecular complexity index is 1150. The van der Waals surface area contributed by atoms with Crippen molar-refractivity contribution in [2.45, 2.75) is 95.5 Å². The summed E-state index contributed by atoms with van der Waals surface area (Å²) in [4.78, 5) is 12.6. The lowest BCUT2D eigenvalue weighted by Crippen LogP contribution is -2.80. The molecule has 6 rings (SSSR count). The molecule has 1 aromatic carbocycles. The van der Waals surface area contributed by atoms with Gasteiger partial charge in [0.1, 0.15) is 40.5 Å². The van der Waals surface area contributed by atoms with Crippen molar-refractivity contribution in [2.24, 2.45) is 11.3 Å². The van der Waals surface area contributed by atoms with Gasteiger partial charge in [-0.2, -0.15) is 0 Å². The first kappa shape index (κ1) is 23.5. The number of hydrogen-bond acceptors (Lipinski definition) is 9. The van der Waals surface area contributed by atoms with Gasteiger partial charge in [-0.1, -0.05) is 6.92 Å². The van der Waals surface area contributed by atoms with E-state index in [1.165, 1.54) is 14.2 Å². The number of rotatable bonds is 2. The Kier molecular flexibility index (Phi) is 4.49. The molecule has 0 amide bonds. The van der Waals surface area contributed by atoms with Gasteiger partial charge in [-0.3, -0.25) is 0 Å². The van der Waals surface area contributed by atoms with Gasteiger partial charge in [-0.15, -0.1) is 0 Å². The highest BCUT2D eigenvalue weighted by Crippen LogP contribution is 2.70. The molecule has 2 bridgehead atoms. The molecule has 35 heavy (non-hydrogen) atoms. The second-order valence-corrected chi connectivity index (χ2v) is 11.6. The minimum atomic E-state index is -1.44. The number of hydrogen-bond donors (Lipinski definition) is 2. The van der Waals surface area contributed by atoms with Crippen LogP contribution in [-0.4, -0.2) is 65.4 Å². The summed E-state index contributed by atoms with van der Waals surface area (Å²) >= 11 is 0. The molecule has 192 valence electrons. The Hall–Kier alpha value is -1.91. The van der Waals surface area contributed by atoms with E-state index in [2.05, 4.69) is 0 Å². The van der Waals surface area contributed by atoms with Crippen molar-refractivity contribution in [1.29, 1.82) is 0 Å². The maximum atomic E-state index is 12.6. The van der Waals surface area contributed by atoms with Crippen LogP contribution in [0.3, 0.4) is 0 Å². The standard InChI is InChI=1S/C26H34O9/c1-12-14-11-32-21(29)18(14)20(30-6)13-8-15-23(4,33-19(12)13)9-17(28)26-22(2,3)34-25(31-7,35-26)10-16(27)24(15,26)5/h15-17,27-28H,8-11H2,1-7H3/t15-,16-,17+,23-,24-,25-,26+/m0/s1. The Balaban J connectivity index is 1.58.